The molecule has 0 saturated carbocycles. The minimum Gasteiger partial charge on any atom is -0.467 e. The standard InChI is InChI=1S/C19H19F3N4O2/c20-19(21,22)13-3-4-16-15(10-13)24-18(26(16)11-14-2-1-9-28-14)25-17(27)12-5-7-23-8-6-12/h1-4,9-10,12,23H,5-8,11H2,(H,24,25,27). The Kier molecular flexibility index (Phi) is 4.84. The van der Waals surface area contributed by atoms with Gasteiger partial charge in [0, 0.05) is 5.92 Å². The zero-order valence-electron chi connectivity index (χ0n) is 14.9. The molecule has 1 aliphatic heterocycles. The van der Waals surface area contributed by atoms with Gasteiger partial charge in [-0.1, -0.05) is 0 Å². The van der Waals surface area contributed by atoms with Crippen LogP contribution in [0.15, 0.2) is 41.0 Å². The molecule has 2 aromatic heterocycles. The highest BCUT2D eigenvalue weighted by molar-refractivity contribution is 5.93. The van der Waals surface area contributed by atoms with E-state index in [4.69, 9.17) is 4.42 Å². The second-order valence-corrected chi connectivity index (χ2v) is 6.82. The Balaban J connectivity index is 1.70. The van der Waals surface area contributed by atoms with Gasteiger partial charge in [0.25, 0.3) is 0 Å². The maximum atomic E-state index is 13.1. The quantitative estimate of drug-likeness (QED) is 0.711. The minimum atomic E-state index is -4.46. The molecule has 0 radical (unpaired) electrons. The van der Waals surface area contributed by atoms with Crippen LogP contribution in [-0.4, -0.2) is 28.5 Å². The van der Waals surface area contributed by atoms with Crippen molar-refractivity contribution < 1.29 is 22.4 Å². The van der Waals surface area contributed by atoms with Gasteiger partial charge >= 0.3 is 6.18 Å². The SMILES string of the molecule is O=C(Nc1nc2cc(C(F)(F)F)ccc2n1Cc1ccco1)C1CCNCC1. The van der Waals surface area contributed by atoms with Gasteiger partial charge in [0.15, 0.2) is 0 Å². The number of amides is 1. The Morgan fingerprint density at radius 2 is 2.07 bits per heavy atom. The topological polar surface area (TPSA) is 72.1 Å². The number of imidazole rings is 1. The molecule has 1 saturated heterocycles. The number of nitrogens with one attached hydrogen (secondary N) is 2. The summed E-state index contributed by atoms with van der Waals surface area (Å²) in [7, 11) is 0. The van der Waals surface area contributed by atoms with Crippen molar-refractivity contribution in [2.45, 2.75) is 25.6 Å². The van der Waals surface area contributed by atoms with Crippen molar-refractivity contribution in [3.63, 3.8) is 0 Å². The second-order valence-electron chi connectivity index (χ2n) is 6.82. The summed E-state index contributed by atoms with van der Waals surface area (Å²) in [6.07, 6.45) is -1.52. The molecule has 0 spiro atoms. The van der Waals surface area contributed by atoms with E-state index in [2.05, 4.69) is 15.6 Å². The first kappa shape index (κ1) is 18.5. The Morgan fingerprint density at radius 3 is 2.75 bits per heavy atom. The van der Waals surface area contributed by atoms with E-state index in [0.29, 0.717) is 24.1 Å². The number of alkyl halides is 3. The highest BCUT2D eigenvalue weighted by Crippen LogP contribution is 2.32. The summed E-state index contributed by atoms with van der Waals surface area (Å²) in [5, 5.41) is 6.00. The number of hydrogen-bond donors (Lipinski definition) is 2. The average molecular weight is 392 g/mol. The van der Waals surface area contributed by atoms with Gasteiger partial charge in [-0.15, -0.1) is 0 Å². The second kappa shape index (κ2) is 7.31. The lowest BCUT2D eigenvalue weighted by molar-refractivity contribution is -0.137. The maximum Gasteiger partial charge on any atom is 0.416 e. The maximum absolute atomic E-state index is 13.1. The van der Waals surface area contributed by atoms with Crippen LogP contribution in [0.2, 0.25) is 0 Å². The summed E-state index contributed by atoms with van der Waals surface area (Å²) >= 11 is 0. The van der Waals surface area contributed by atoms with E-state index < -0.39 is 11.7 Å². The van der Waals surface area contributed by atoms with Crippen molar-refractivity contribution in [1.29, 1.82) is 0 Å². The van der Waals surface area contributed by atoms with E-state index in [1.165, 1.54) is 12.3 Å². The molecule has 1 aromatic carbocycles. The fraction of sp³-hybridized carbons (Fsp3) is 0.368. The molecular formula is C19H19F3N4O2. The van der Waals surface area contributed by atoms with Crippen molar-refractivity contribution in [2.75, 3.05) is 18.4 Å². The third kappa shape index (κ3) is 3.75. The summed E-state index contributed by atoms with van der Waals surface area (Å²) in [5.74, 6) is 0.503. The van der Waals surface area contributed by atoms with Gasteiger partial charge in [0.2, 0.25) is 11.9 Å². The molecule has 1 aliphatic rings. The molecule has 0 bridgehead atoms. The average Bonchev–Trinajstić information content (AvgIpc) is 3.30. The van der Waals surface area contributed by atoms with Gasteiger partial charge in [-0.2, -0.15) is 13.2 Å². The summed E-state index contributed by atoms with van der Waals surface area (Å²) in [6, 6.07) is 6.86. The van der Waals surface area contributed by atoms with Gasteiger partial charge in [-0.3, -0.25) is 10.1 Å². The van der Waals surface area contributed by atoms with E-state index in [1.807, 2.05) is 0 Å². The fourth-order valence-corrected chi connectivity index (χ4v) is 3.42. The minimum absolute atomic E-state index is 0.149. The summed E-state index contributed by atoms with van der Waals surface area (Å²) < 4.78 is 46.2. The van der Waals surface area contributed by atoms with Gasteiger partial charge in [0.1, 0.15) is 5.76 Å². The smallest absolute Gasteiger partial charge is 0.416 e. The number of anilines is 1. The molecule has 1 fully saturated rings. The lowest BCUT2D eigenvalue weighted by atomic mass is 9.97. The first-order valence-electron chi connectivity index (χ1n) is 9.03. The number of carbonyl (C=O) groups is 1. The number of benzene rings is 1. The number of halogens is 3. The molecule has 0 aliphatic carbocycles. The van der Waals surface area contributed by atoms with Crippen LogP contribution < -0.4 is 10.6 Å². The van der Waals surface area contributed by atoms with E-state index in [-0.39, 0.29) is 29.8 Å². The van der Waals surface area contributed by atoms with Crippen LogP contribution in [-0.2, 0) is 17.5 Å². The molecule has 3 aromatic rings. The third-order valence-corrected chi connectivity index (χ3v) is 4.91. The van der Waals surface area contributed by atoms with Crippen LogP contribution in [0.25, 0.3) is 11.0 Å². The Morgan fingerprint density at radius 1 is 1.29 bits per heavy atom. The van der Waals surface area contributed by atoms with Gasteiger partial charge in [-0.25, -0.2) is 4.98 Å². The van der Waals surface area contributed by atoms with Gasteiger partial charge in [0.05, 0.1) is 29.4 Å². The van der Waals surface area contributed by atoms with E-state index in [9.17, 15) is 18.0 Å². The molecule has 0 atom stereocenters. The van der Waals surface area contributed by atoms with E-state index in [0.717, 1.165) is 25.2 Å². The number of nitrogens with zero attached hydrogens (tertiary/aromatic N) is 2. The third-order valence-electron chi connectivity index (χ3n) is 4.91. The molecule has 148 valence electrons. The van der Waals surface area contributed by atoms with Crippen LogP contribution in [0, 0.1) is 5.92 Å². The molecule has 3 heterocycles. The summed E-state index contributed by atoms with van der Waals surface area (Å²) in [6.45, 7) is 1.77. The molecule has 4 rings (SSSR count). The molecule has 28 heavy (non-hydrogen) atoms. The number of furan rings is 1. The van der Waals surface area contributed by atoms with Crippen molar-refractivity contribution in [3.05, 3.63) is 47.9 Å². The number of carbonyl (C=O) groups excluding carboxylic acids is 1. The lowest BCUT2D eigenvalue weighted by Crippen LogP contribution is -2.35. The van der Waals surface area contributed by atoms with Gasteiger partial charge < -0.3 is 14.3 Å². The predicted octanol–water partition coefficient (Wildman–Crippen LogP) is 3.63. The molecule has 6 nitrogen and oxygen atoms in total. The number of aromatic nitrogens is 2. The number of rotatable bonds is 4. The highest BCUT2D eigenvalue weighted by Gasteiger charge is 2.31. The zero-order valence-corrected chi connectivity index (χ0v) is 14.9. The van der Waals surface area contributed by atoms with Crippen LogP contribution in [0.3, 0.4) is 0 Å². The van der Waals surface area contributed by atoms with Crippen molar-refractivity contribution >= 4 is 22.9 Å². The van der Waals surface area contributed by atoms with Gasteiger partial charge in [-0.05, 0) is 56.3 Å². The first-order valence-corrected chi connectivity index (χ1v) is 9.03. The van der Waals surface area contributed by atoms with Crippen molar-refractivity contribution in [2.24, 2.45) is 5.92 Å². The summed E-state index contributed by atoms with van der Waals surface area (Å²) in [4.78, 5) is 16.9. The first-order chi connectivity index (χ1) is 13.4. The monoisotopic (exact) mass is 392 g/mol. The molecule has 0 unspecified atom stereocenters. The highest BCUT2D eigenvalue weighted by atomic mass is 19.4. The lowest BCUT2D eigenvalue weighted by Gasteiger charge is -2.21. The van der Waals surface area contributed by atoms with E-state index in [1.54, 1.807) is 16.7 Å². The van der Waals surface area contributed by atoms with Crippen LogP contribution in [0.4, 0.5) is 19.1 Å². The van der Waals surface area contributed by atoms with Crippen LogP contribution >= 0.6 is 0 Å². The van der Waals surface area contributed by atoms with Crippen LogP contribution in [0.1, 0.15) is 24.2 Å². The summed E-state index contributed by atoms with van der Waals surface area (Å²) in [5.41, 5.74) is -0.120. The molecule has 2 N–H and O–H groups in total. The largest absolute Gasteiger partial charge is 0.467 e. The Bertz CT molecular complexity index is 973. The molecule has 9 heteroatoms. The zero-order chi connectivity index (χ0) is 19.7. The Labute approximate surface area is 158 Å². The van der Waals surface area contributed by atoms with Crippen LogP contribution in [0.5, 0.6) is 0 Å². The number of fused-ring (bicyclic) bond motifs is 1. The van der Waals surface area contributed by atoms with Crippen molar-refractivity contribution in [3.8, 4) is 0 Å². The fourth-order valence-electron chi connectivity index (χ4n) is 3.42. The normalized spacial score (nSPS) is 15.8. The molecular weight excluding hydrogens is 373 g/mol. The van der Waals surface area contributed by atoms with E-state index >= 15 is 0 Å². The predicted molar refractivity (Wildman–Crippen MR) is 96.8 cm³/mol. The number of hydrogen-bond acceptors (Lipinski definition) is 4. The number of piperidine rings is 1. The molecule has 1 amide bonds. The van der Waals surface area contributed by atoms with Crippen molar-refractivity contribution in [1.82, 2.24) is 14.9 Å². The Hall–Kier alpha value is -2.81.